The molecule has 4 heterocycles. The van der Waals surface area contributed by atoms with Gasteiger partial charge in [-0.2, -0.15) is 5.10 Å². The van der Waals surface area contributed by atoms with E-state index in [0.29, 0.717) is 18.5 Å². The molecule has 9 heteroatoms. The first-order valence-corrected chi connectivity index (χ1v) is 11.0. The minimum atomic E-state index is -0.631. The molecule has 2 aromatic heterocycles. The summed E-state index contributed by atoms with van der Waals surface area (Å²) in [5.41, 5.74) is 6.81. The second-order valence-electron chi connectivity index (χ2n) is 8.56. The fourth-order valence-electron chi connectivity index (χ4n) is 4.84. The van der Waals surface area contributed by atoms with Crippen molar-refractivity contribution < 1.29 is 14.4 Å². The van der Waals surface area contributed by atoms with Crippen LogP contribution in [0.2, 0.25) is 0 Å². The van der Waals surface area contributed by atoms with Gasteiger partial charge in [0.1, 0.15) is 6.04 Å². The number of aryl methyl sites for hydroxylation is 1. The number of piperidine rings is 1. The van der Waals surface area contributed by atoms with Crippen LogP contribution < -0.4 is 5.32 Å². The summed E-state index contributed by atoms with van der Waals surface area (Å²) in [6.45, 7) is 0.329. The predicted octanol–water partition coefficient (Wildman–Crippen LogP) is 2.46. The van der Waals surface area contributed by atoms with E-state index in [1.54, 1.807) is 17.3 Å². The highest BCUT2D eigenvalue weighted by molar-refractivity contribution is 6.05. The summed E-state index contributed by atoms with van der Waals surface area (Å²) in [5.74, 6) is -0.890. The van der Waals surface area contributed by atoms with Gasteiger partial charge in [-0.25, -0.2) is 0 Å². The molecule has 1 saturated heterocycles. The summed E-state index contributed by atoms with van der Waals surface area (Å²) in [4.78, 5) is 47.2. The van der Waals surface area contributed by atoms with Crippen molar-refractivity contribution in [3.05, 3.63) is 66.1 Å². The summed E-state index contributed by atoms with van der Waals surface area (Å²) in [5, 5.41) is 6.82. The fourth-order valence-corrected chi connectivity index (χ4v) is 4.84. The molecule has 0 saturated carbocycles. The second-order valence-corrected chi connectivity index (χ2v) is 8.56. The van der Waals surface area contributed by atoms with E-state index >= 15 is 0 Å². The molecule has 4 aromatic rings. The molecule has 1 unspecified atom stereocenters. The maximum absolute atomic E-state index is 13.0. The quantitative estimate of drug-likeness (QED) is 0.478. The van der Waals surface area contributed by atoms with Crippen molar-refractivity contribution in [3.63, 3.8) is 0 Å². The summed E-state index contributed by atoms with van der Waals surface area (Å²) in [6, 6.07) is 11.0. The third-order valence-corrected chi connectivity index (χ3v) is 6.52. The normalized spacial score (nSPS) is 17.9. The van der Waals surface area contributed by atoms with Gasteiger partial charge in [-0.05, 0) is 41.8 Å². The summed E-state index contributed by atoms with van der Waals surface area (Å²) < 4.78 is 1.82. The lowest BCUT2D eigenvalue weighted by molar-refractivity contribution is -0.136. The van der Waals surface area contributed by atoms with E-state index in [-0.39, 0.29) is 18.2 Å². The Hall–Kier alpha value is -4.40. The number of carbonyl (C=O) groups excluding carboxylic acids is 3. The number of nitrogens with one attached hydrogen (secondary N) is 1. The molecule has 1 fully saturated rings. The molecular formula is C25H20N6O3. The number of benzene rings is 2. The van der Waals surface area contributed by atoms with Crippen molar-refractivity contribution in [2.75, 3.05) is 0 Å². The van der Waals surface area contributed by atoms with Crippen LogP contribution in [0.3, 0.4) is 0 Å². The summed E-state index contributed by atoms with van der Waals surface area (Å²) in [6.07, 6.45) is 5.72. The Kier molecular flexibility index (Phi) is 4.51. The smallest absolute Gasteiger partial charge is 0.255 e. The van der Waals surface area contributed by atoms with E-state index in [4.69, 9.17) is 0 Å². The number of hydrogen-bond donors (Lipinski definition) is 1. The zero-order chi connectivity index (χ0) is 23.4. The van der Waals surface area contributed by atoms with Crippen LogP contribution >= 0.6 is 0 Å². The van der Waals surface area contributed by atoms with Crippen molar-refractivity contribution in [2.24, 2.45) is 7.05 Å². The Labute approximate surface area is 194 Å². The summed E-state index contributed by atoms with van der Waals surface area (Å²) in [7, 11) is 1.89. The second kappa shape index (κ2) is 7.58. The molecule has 6 rings (SSSR count). The highest BCUT2D eigenvalue weighted by Crippen LogP contribution is 2.36. The Balaban J connectivity index is 1.36. The third-order valence-electron chi connectivity index (χ3n) is 6.52. The third kappa shape index (κ3) is 3.16. The van der Waals surface area contributed by atoms with Crippen LogP contribution in [0.1, 0.15) is 28.8 Å². The van der Waals surface area contributed by atoms with Crippen LogP contribution in [-0.4, -0.2) is 48.4 Å². The van der Waals surface area contributed by atoms with Crippen LogP contribution in [0.15, 0.2) is 55.0 Å². The predicted molar refractivity (Wildman–Crippen MR) is 123 cm³/mol. The Morgan fingerprint density at radius 1 is 0.941 bits per heavy atom. The zero-order valence-electron chi connectivity index (χ0n) is 18.4. The molecule has 2 aliphatic rings. The highest BCUT2D eigenvalue weighted by atomic mass is 16.2. The van der Waals surface area contributed by atoms with Gasteiger partial charge in [-0.3, -0.25) is 34.4 Å². The molecule has 2 aliphatic heterocycles. The number of carbonyl (C=O) groups is 3. The van der Waals surface area contributed by atoms with E-state index in [9.17, 15) is 14.4 Å². The number of rotatable bonds is 3. The number of fused-ring (bicyclic) bond motifs is 2. The largest absolute Gasteiger partial charge is 0.322 e. The van der Waals surface area contributed by atoms with E-state index in [0.717, 1.165) is 39.0 Å². The van der Waals surface area contributed by atoms with Gasteiger partial charge in [0.2, 0.25) is 11.8 Å². The van der Waals surface area contributed by atoms with Gasteiger partial charge < -0.3 is 4.90 Å². The van der Waals surface area contributed by atoms with Crippen molar-refractivity contribution in [1.29, 1.82) is 0 Å². The maximum atomic E-state index is 13.0. The molecule has 1 atom stereocenters. The molecule has 0 radical (unpaired) electrons. The van der Waals surface area contributed by atoms with Crippen LogP contribution in [0.4, 0.5) is 0 Å². The molecule has 168 valence electrons. The lowest BCUT2D eigenvalue weighted by atomic mass is 9.98. The molecule has 0 spiro atoms. The van der Waals surface area contributed by atoms with E-state index < -0.39 is 11.9 Å². The average molecular weight is 452 g/mol. The number of amides is 3. The van der Waals surface area contributed by atoms with Gasteiger partial charge in [-0.1, -0.05) is 12.1 Å². The van der Waals surface area contributed by atoms with Gasteiger partial charge >= 0.3 is 0 Å². The van der Waals surface area contributed by atoms with Gasteiger partial charge in [-0.15, -0.1) is 0 Å². The van der Waals surface area contributed by atoms with Crippen LogP contribution in [-0.2, 0) is 23.2 Å². The van der Waals surface area contributed by atoms with Crippen LogP contribution in [0, 0.1) is 0 Å². The van der Waals surface area contributed by atoms with Gasteiger partial charge in [0.15, 0.2) is 0 Å². The van der Waals surface area contributed by atoms with Gasteiger partial charge in [0.05, 0.1) is 22.9 Å². The molecule has 0 bridgehead atoms. The number of imide groups is 1. The molecule has 2 aromatic carbocycles. The Morgan fingerprint density at radius 3 is 2.56 bits per heavy atom. The van der Waals surface area contributed by atoms with E-state index in [2.05, 4.69) is 20.4 Å². The van der Waals surface area contributed by atoms with Crippen LogP contribution in [0.5, 0.6) is 0 Å². The van der Waals surface area contributed by atoms with E-state index in [1.165, 1.54) is 0 Å². The minimum absolute atomic E-state index is 0.185. The molecular weight excluding hydrogens is 432 g/mol. The molecule has 1 N–H and O–H groups in total. The maximum Gasteiger partial charge on any atom is 0.255 e. The van der Waals surface area contributed by atoms with Crippen molar-refractivity contribution in [3.8, 4) is 22.4 Å². The van der Waals surface area contributed by atoms with Gasteiger partial charge in [0.25, 0.3) is 5.91 Å². The average Bonchev–Trinajstić information content (AvgIpc) is 3.38. The lowest BCUT2D eigenvalue weighted by Crippen LogP contribution is -2.52. The first kappa shape index (κ1) is 20.2. The minimum Gasteiger partial charge on any atom is -0.322 e. The Bertz CT molecular complexity index is 1510. The first-order valence-electron chi connectivity index (χ1n) is 11.0. The highest BCUT2D eigenvalue weighted by Gasteiger charge is 2.39. The monoisotopic (exact) mass is 452 g/mol. The Morgan fingerprint density at radius 2 is 1.74 bits per heavy atom. The molecule has 9 nitrogen and oxygen atoms in total. The molecule has 3 amide bonds. The summed E-state index contributed by atoms with van der Waals surface area (Å²) >= 11 is 0. The van der Waals surface area contributed by atoms with E-state index in [1.807, 2.05) is 54.3 Å². The molecule has 34 heavy (non-hydrogen) atoms. The lowest BCUT2D eigenvalue weighted by Gasteiger charge is -2.29. The first-order chi connectivity index (χ1) is 16.5. The topological polar surface area (TPSA) is 110 Å². The zero-order valence-corrected chi connectivity index (χ0v) is 18.4. The van der Waals surface area contributed by atoms with Crippen molar-refractivity contribution in [2.45, 2.75) is 25.4 Å². The number of nitrogens with zero attached hydrogens (tertiary/aromatic N) is 5. The van der Waals surface area contributed by atoms with Crippen molar-refractivity contribution in [1.82, 2.24) is 30.0 Å². The number of aromatic nitrogens is 4. The fraction of sp³-hybridized carbons (Fsp3) is 0.200. The molecule has 0 aliphatic carbocycles. The van der Waals surface area contributed by atoms with Crippen molar-refractivity contribution >= 4 is 28.8 Å². The van der Waals surface area contributed by atoms with Crippen LogP contribution in [0.25, 0.3) is 33.4 Å². The number of hydrogen-bond acceptors (Lipinski definition) is 6. The standard InChI is InChI=1S/C25H20N6O3/c1-30-23(15-3-5-19-20(11-15)27-9-8-26-19)18(12-28-30)14-2-4-17-16(10-14)13-31(25(17)34)21-6-7-22(32)29-24(21)33/h2-5,8-12,21H,6-7,13H2,1H3,(H,29,32,33). The SMILES string of the molecule is Cn1ncc(-c2ccc3c(c2)CN(C2CCC(=O)NC2=O)C3=O)c1-c1ccc2nccnc2c1. The van der Waals surface area contributed by atoms with Gasteiger partial charge in [0, 0.05) is 49.1 Å².